The number of anilines is 1. The van der Waals surface area contributed by atoms with Gasteiger partial charge in [0.2, 0.25) is 0 Å². The first kappa shape index (κ1) is 16.9. The summed E-state index contributed by atoms with van der Waals surface area (Å²) in [5.74, 6) is 0.921. The fourth-order valence-corrected chi connectivity index (χ4v) is 2.42. The van der Waals surface area contributed by atoms with Crippen molar-refractivity contribution in [3.05, 3.63) is 53.6 Å². The van der Waals surface area contributed by atoms with E-state index in [4.69, 9.17) is 9.47 Å². The average Bonchev–Trinajstić information content (AvgIpc) is 2.53. The molecule has 1 N–H and O–H groups in total. The van der Waals surface area contributed by atoms with E-state index >= 15 is 0 Å². The van der Waals surface area contributed by atoms with E-state index in [2.05, 4.69) is 26.1 Å². The molecule has 0 fully saturated rings. The number of hydrogen-bond acceptors (Lipinski definition) is 3. The number of benzene rings is 2. The minimum Gasteiger partial charge on any atom is -0.497 e. The SMILES string of the molecule is COc1ccc(C(=O)Nc2ccccc2C(C)(C)C)c(OC)c1. The highest BCUT2D eigenvalue weighted by Gasteiger charge is 2.20. The molecule has 2 rings (SSSR count). The molecule has 0 aromatic heterocycles. The van der Waals surface area contributed by atoms with Gasteiger partial charge in [0.05, 0.1) is 19.8 Å². The third-order valence-corrected chi connectivity index (χ3v) is 3.64. The van der Waals surface area contributed by atoms with Crippen molar-refractivity contribution >= 4 is 11.6 Å². The van der Waals surface area contributed by atoms with E-state index in [1.54, 1.807) is 25.3 Å². The molecule has 0 unspecified atom stereocenters. The predicted octanol–water partition coefficient (Wildman–Crippen LogP) is 4.25. The van der Waals surface area contributed by atoms with Crippen LogP contribution in [0.1, 0.15) is 36.7 Å². The summed E-state index contributed by atoms with van der Waals surface area (Å²) in [5, 5.41) is 2.99. The predicted molar refractivity (Wildman–Crippen MR) is 92.6 cm³/mol. The molecule has 0 heterocycles. The molecule has 0 aliphatic carbocycles. The van der Waals surface area contributed by atoms with Crippen LogP contribution >= 0.6 is 0 Å². The third kappa shape index (κ3) is 3.83. The molecule has 0 spiro atoms. The molecule has 0 saturated carbocycles. The van der Waals surface area contributed by atoms with Crippen LogP contribution < -0.4 is 14.8 Å². The Morgan fingerprint density at radius 3 is 2.30 bits per heavy atom. The molecule has 4 nitrogen and oxygen atoms in total. The van der Waals surface area contributed by atoms with Crippen LogP contribution in [0.5, 0.6) is 11.5 Å². The maximum absolute atomic E-state index is 12.6. The largest absolute Gasteiger partial charge is 0.497 e. The highest BCUT2D eigenvalue weighted by atomic mass is 16.5. The van der Waals surface area contributed by atoms with Crippen molar-refractivity contribution < 1.29 is 14.3 Å². The van der Waals surface area contributed by atoms with Crippen molar-refractivity contribution in [3.8, 4) is 11.5 Å². The minimum atomic E-state index is -0.207. The summed E-state index contributed by atoms with van der Waals surface area (Å²) in [5.41, 5.74) is 2.30. The van der Waals surface area contributed by atoms with Gasteiger partial charge in [-0.25, -0.2) is 0 Å². The van der Waals surface area contributed by atoms with Gasteiger partial charge in [-0.15, -0.1) is 0 Å². The van der Waals surface area contributed by atoms with E-state index in [-0.39, 0.29) is 11.3 Å². The van der Waals surface area contributed by atoms with Gasteiger partial charge >= 0.3 is 0 Å². The number of methoxy groups -OCH3 is 2. The van der Waals surface area contributed by atoms with Crippen LogP contribution in [0.2, 0.25) is 0 Å². The summed E-state index contributed by atoms with van der Waals surface area (Å²) < 4.78 is 10.5. The number of hydrogen-bond donors (Lipinski definition) is 1. The van der Waals surface area contributed by atoms with Gasteiger partial charge in [0, 0.05) is 11.8 Å². The first-order chi connectivity index (χ1) is 10.9. The lowest BCUT2D eigenvalue weighted by molar-refractivity contribution is 0.102. The lowest BCUT2D eigenvalue weighted by atomic mass is 9.86. The van der Waals surface area contributed by atoms with E-state index in [1.165, 1.54) is 7.11 Å². The van der Waals surface area contributed by atoms with Gasteiger partial charge in [-0.2, -0.15) is 0 Å². The molecule has 0 aliphatic heterocycles. The Kier molecular flexibility index (Phi) is 4.94. The topological polar surface area (TPSA) is 47.6 Å². The summed E-state index contributed by atoms with van der Waals surface area (Å²) in [4.78, 5) is 12.6. The zero-order chi connectivity index (χ0) is 17.0. The number of nitrogens with one attached hydrogen (secondary N) is 1. The highest BCUT2D eigenvalue weighted by Crippen LogP contribution is 2.31. The molecule has 4 heteroatoms. The smallest absolute Gasteiger partial charge is 0.259 e. The fourth-order valence-electron chi connectivity index (χ4n) is 2.42. The van der Waals surface area contributed by atoms with Crippen molar-refractivity contribution in [2.24, 2.45) is 0 Å². The summed E-state index contributed by atoms with van der Waals surface area (Å²) in [6.07, 6.45) is 0. The number of rotatable bonds is 4. The molecule has 0 bridgehead atoms. The summed E-state index contributed by atoms with van der Waals surface area (Å²) in [6.45, 7) is 6.35. The van der Waals surface area contributed by atoms with Crippen molar-refractivity contribution in [1.82, 2.24) is 0 Å². The molecule has 0 aliphatic rings. The van der Waals surface area contributed by atoms with Crippen molar-refractivity contribution in [1.29, 1.82) is 0 Å². The van der Waals surface area contributed by atoms with Crippen LogP contribution in [0.3, 0.4) is 0 Å². The van der Waals surface area contributed by atoms with Crippen LogP contribution in [-0.4, -0.2) is 20.1 Å². The summed E-state index contributed by atoms with van der Waals surface area (Å²) >= 11 is 0. The molecule has 0 atom stereocenters. The van der Waals surface area contributed by atoms with E-state index < -0.39 is 0 Å². The number of amides is 1. The quantitative estimate of drug-likeness (QED) is 0.917. The first-order valence-electron chi connectivity index (χ1n) is 7.49. The van der Waals surface area contributed by atoms with Gasteiger partial charge in [-0.05, 0) is 29.2 Å². The Morgan fingerprint density at radius 2 is 1.70 bits per heavy atom. The molecule has 122 valence electrons. The van der Waals surface area contributed by atoms with Crippen LogP contribution in [0.4, 0.5) is 5.69 Å². The maximum Gasteiger partial charge on any atom is 0.259 e. The molecule has 0 saturated heterocycles. The Morgan fingerprint density at radius 1 is 1.00 bits per heavy atom. The van der Waals surface area contributed by atoms with Crippen LogP contribution in [0.15, 0.2) is 42.5 Å². The molecule has 2 aromatic rings. The number of para-hydroxylation sites is 1. The van der Waals surface area contributed by atoms with Crippen LogP contribution in [0.25, 0.3) is 0 Å². The molecular weight excluding hydrogens is 290 g/mol. The highest BCUT2D eigenvalue weighted by molar-refractivity contribution is 6.06. The normalized spacial score (nSPS) is 11.0. The number of ether oxygens (including phenoxy) is 2. The van der Waals surface area contributed by atoms with Gasteiger partial charge in [-0.3, -0.25) is 4.79 Å². The Hall–Kier alpha value is -2.49. The zero-order valence-electron chi connectivity index (χ0n) is 14.3. The van der Waals surface area contributed by atoms with Gasteiger partial charge in [0.1, 0.15) is 11.5 Å². The van der Waals surface area contributed by atoms with Gasteiger partial charge < -0.3 is 14.8 Å². The monoisotopic (exact) mass is 313 g/mol. The average molecular weight is 313 g/mol. The van der Waals surface area contributed by atoms with Gasteiger partial charge in [-0.1, -0.05) is 39.0 Å². The Balaban J connectivity index is 2.34. The molecule has 1 amide bonds. The van der Waals surface area contributed by atoms with Crippen LogP contribution in [0, 0.1) is 0 Å². The maximum atomic E-state index is 12.6. The Bertz CT molecular complexity index is 702. The number of carbonyl (C=O) groups is 1. The zero-order valence-corrected chi connectivity index (χ0v) is 14.3. The van der Waals surface area contributed by atoms with E-state index in [9.17, 15) is 4.79 Å². The van der Waals surface area contributed by atoms with E-state index in [1.807, 2.05) is 24.3 Å². The van der Waals surface area contributed by atoms with Gasteiger partial charge in [0.25, 0.3) is 5.91 Å². The van der Waals surface area contributed by atoms with Crippen molar-refractivity contribution in [3.63, 3.8) is 0 Å². The minimum absolute atomic E-state index is 0.0616. The molecule has 23 heavy (non-hydrogen) atoms. The van der Waals surface area contributed by atoms with Gasteiger partial charge in [0.15, 0.2) is 0 Å². The summed E-state index contributed by atoms with van der Waals surface area (Å²) in [7, 11) is 3.11. The van der Waals surface area contributed by atoms with Crippen molar-refractivity contribution in [2.75, 3.05) is 19.5 Å². The fraction of sp³-hybridized carbons (Fsp3) is 0.316. The lowest BCUT2D eigenvalue weighted by Crippen LogP contribution is -2.19. The lowest BCUT2D eigenvalue weighted by Gasteiger charge is -2.23. The second-order valence-electron chi connectivity index (χ2n) is 6.32. The van der Waals surface area contributed by atoms with Crippen molar-refractivity contribution in [2.45, 2.75) is 26.2 Å². The molecule has 2 aromatic carbocycles. The second-order valence-corrected chi connectivity index (χ2v) is 6.32. The third-order valence-electron chi connectivity index (χ3n) is 3.64. The molecule has 0 radical (unpaired) electrons. The van der Waals surface area contributed by atoms with E-state index in [0.29, 0.717) is 17.1 Å². The Labute approximate surface area is 137 Å². The standard InChI is InChI=1S/C19H23NO3/c1-19(2,3)15-8-6-7-9-16(15)20-18(21)14-11-10-13(22-4)12-17(14)23-5/h6-12H,1-5H3,(H,20,21). The van der Waals surface area contributed by atoms with Crippen LogP contribution in [-0.2, 0) is 5.41 Å². The summed E-state index contributed by atoms with van der Waals surface area (Å²) in [6, 6.07) is 13.0. The number of carbonyl (C=O) groups excluding carboxylic acids is 1. The molecular formula is C19H23NO3. The second kappa shape index (κ2) is 6.73. The first-order valence-corrected chi connectivity index (χ1v) is 7.49. The van der Waals surface area contributed by atoms with E-state index in [0.717, 1.165) is 11.3 Å².